The van der Waals surface area contributed by atoms with Crippen LogP contribution in [0.3, 0.4) is 0 Å². The van der Waals surface area contributed by atoms with Gasteiger partial charge in [0.15, 0.2) is 0 Å². The monoisotopic (exact) mass is 391 g/mol. The van der Waals surface area contributed by atoms with E-state index in [2.05, 4.69) is 73.5 Å². The van der Waals surface area contributed by atoms with Crippen LogP contribution < -0.4 is 15.0 Å². The zero-order valence-corrected chi connectivity index (χ0v) is 17.0. The average molecular weight is 392 g/mol. The zero-order valence-electron chi connectivity index (χ0n) is 17.0. The van der Waals surface area contributed by atoms with Gasteiger partial charge in [-0.05, 0) is 37.0 Å². The number of nitrogens with zero attached hydrogens (tertiary/aromatic N) is 4. The molecule has 0 spiro atoms. The molecule has 1 aliphatic rings. The SMILES string of the molecule is COc1cccc(N2CCC(NCc3nncn3CCc3ccccc3)CC2)c1. The molecule has 1 aliphatic heterocycles. The summed E-state index contributed by atoms with van der Waals surface area (Å²) in [6.45, 7) is 3.76. The number of ether oxygens (including phenoxy) is 1. The molecular formula is C23H29N5O. The molecule has 6 heteroatoms. The van der Waals surface area contributed by atoms with Crippen LogP contribution in [0.1, 0.15) is 24.2 Å². The van der Waals surface area contributed by atoms with E-state index in [1.165, 1.54) is 11.3 Å². The Morgan fingerprint density at radius 1 is 1.07 bits per heavy atom. The van der Waals surface area contributed by atoms with Gasteiger partial charge in [0.05, 0.1) is 13.7 Å². The van der Waals surface area contributed by atoms with Gasteiger partial charge >= 0.3 is 0 Å². The standard InChI is InChI=1S/C23H29N5O/c1-29-22-9-5-8-21(16-22)27-14-11-20(12-15-27)24-17-23-26-25-18-28(23)13-10-19-6-3-2-4-7-19/h2-9,16,18,20,24H,10-15,17H2,1H3. The lowest BCUT2D eigenvalue weighted by Crippen LogP contribution is -2.42. The van der Waals surface area contributed by atoms with E-state index < -0.39 is 0 Å². The highest BCUT2D eigenvalue weighted by atomic mass is 16.5. The molecular weight excluding hydrogens is 362 g/mol. The van der Waals surface area contributed by atoms with Gasteiger partial charge in [-0.25, -0.2) is 0 Å². The van der Waals surface area contributed by atoms with Crippen molar-refractivity contribution < 1.29 is 4.74 Å². The molecule has 6 nitrogen and oxygen atoms in total. The topological polar surface area (TPSA) is 55.2 Å². The molecule has 1 aromatic heterocycles. The first-order chi connectivity index (χ1) is 14.3. The lowest BCUT2D eigenvalue weighted by Gasteiger charge is -2.34. The van der Waals surface area contributed by atoms with Crippen LogP contribution in [-0.2, 0) is 19.5 Å². The van der Waals surface area contributed by atoms with Crippen molar-refractivity contribution in [1.29, 1.82) is 0 Å². The summed E-state index contributed by atoms with van der Waals surface area (Å²) in [6.07, 6.45) is 5.07. The third-order valence-corrected chi connectivity index (χ3v) is 5.64. The summed E-state index contributed by atoms with van der Waals surface area (Å²) >= 11 is 0. The molecule has 2 aromatic carbocycles. The van der Waals surface area contributed by atoms with Crippen LogP contribution in [0.5, 0.6) is 5.75 Å². The molecule has 0 aliphatic carbocycles. The van der Waals surface area contributed by atoms with Crippen LogP contribution in [0.4, 0.5) is 5.69 Å². The van der Waals surface area contributed by atoms with Crippen LogP contribution in [0.15, 0.2) is 60.9 Å². The summed E-state index contributed by atoms with van der Waals surface area (Å²) in [6, 6.07) is 19.4. The lowest BCUT2D eigenvalue weighted by molar-refractivity contribution is 0.403. The average Bonchev–Trinajstić information content (AvgIpc) is 3.25. The van der Waals surface area contributed by atoms with Gasteiger partial charge in [-0.1, -0.05) is 36.4 Å². The van der Waals surface area contributed by atoms with Gasteiger partial charge in [-0.2, -0.15) is 0 Å². The quantitative estimate of drug-likeness (QED) is 0.639. The molecule has 0 unspecified atom stereocenters. The molecule has 2 heterocycles. The molecule has 4 rings (SSSR count). The maximum atomic E-state index is 5.35. The van der Waals surface area contributed by atoms with E-state index in [0.717, 1.165) is 57.0 Å². The predicted molar refractivity (Wildman–Crippen MR) is 115 cm³/mol. The number of benzene rings is 2. The van der Waals surface area contributed by atoms with E-state index in [4.69, 9.17) is 4.74 Å². The molecule has 0 amide bonds. The first-order valence-electron chi connectivity index (χ1n) is 10.3. The second-order valence-electron chi connectivity index (χ2n) is 7.52. The molecule has 1 N–H and O–H groups in total. The fourth-order valence-electron chi connectivity index (χ4n) is 3.88. The van der Waals surface area contributed by atoms with Gasteiger partial charge in [0.25, 0.3) is 0 Å². The first-order valence-corrected chi connectivity index (χ1v) is 10.3. The normalized spacial score (nSPS) is 14.9. The Labute approximate surface area is 172 Å². The van der Waals surface area contributed by atoms with Gasteiger partial charge in [0.1, 0.15) is 17.9 Å². The highest BCUT2D eigenvalue weighted by Crippen LogP contribution is 2.24. The third kappa shape index (κ3) is 5.15. The number of anilines is 1. The van der Waals surface area contributed by atoms with Crippen molar-refractivity contribution in [2.75, 3.05) is 25.1 Å². The number of methoxy groups -OCH3 is 1. The molecule has 1 saturated heterocycles. The van der Waals surface area contributed by atoms with E-state index >= 15 is 0 Å². The molecule has 0 radical (unpaired) electrons. The van der Waals surface area contributed by atoms with E-state index in [9.17, 15) is 0 Å². The van der Waals surface area contributed by atoms with Crippen LogP contribution in [0.25, 0.3) is 0 Å². The number of hydrogen-bond donors (Lipinski definition) is 1. The van der Waals surface area contributed by atoms with Crippen molar-refractivity contribution in [1.82, 2.24) is 20.1 Å². The van der Waals surface area contributed by atoms with Gasteiger partial charge in [0, 0.05) is 37.4 Å². The zero-order chi connectivity index (χ0) is 19.9. The summed E-state index contributed by atoms with van der Waals surface area (Å²) in [5.74, 6) is 1.92. The molecule has 152 valence electrons. The molecule has 0 saturated carbocycles. The van der Waals surface area contributed by atoms with E-state index in [-0.39, 0.29) is 0 Å². The third-order valence-electron chi connectivity index (χ3n) is 5.64. The van der Waals surface area contributed by atoms with E-state index in [1.54, 1.807) is 7.11 Å². The van der Waals surface area contributed by atoms with E-state index in [0.29, 0.717) is 6.04 Å². The van der Waals surface area contributed by atoms with Gasteiger partial charge in [-0.3, -0.25) is 0 Å². The summed E-state index contributed by atoms with van der Waals surface area (Å²) in [5, 5.41) is 12.1. The molecule has 3 aromatic rings. The minimum atomic E-state index is 0.510. The molecule has 1 fully saturated rings. The van der Waals surface area contributed by atoms with Crippen LogP contribution >= 0.6 is 0 Å². The number of aryl methyl sites for hydroxylation is 2. The van der Waals surface area contributed by atoms with Crippen molar-refractivity contribution in [3.05, 3.63) is 72.3 Å². The summed E-state index contributed by atoms with van der Waals surface area (Å²) in [4.78, 5) is 2.43. The maximum Gasteiger partial charge on any atom is 0.146 e. The Kier molecular flexibility index (Phi) is 6.42. The number of piperidine rings is 1. The Bertz CT molecular complexity index is 887. The number of hydrogen-bond acceptors (Lipinski definition) is 5. The first kappa shape index (κ1) is 19.5. The van der Waals surface area contributed by atoms with Crippen molar-refractivity contribution in [3.63, 3.8) is 0 Å². The second kappa shape index (κ2) is 9.56. The summed E-state index contributed by atoms with van der Waals surface area (Å²) in [5.41, 5.74) is 2.58. The Hall–Kier alpha value is -2.86. The second-order valence-corrected chi connectivity index (χ2v) is 7.52. The highest BCUT2D eigenvalue weighted by Gasteiger charge is 2.20. The largest absolute Gasteiger partial charge is 0.497 e. The fraction of sp³-hybridized carbons (Fsp3) is 0.391. The minimum absolute atomic E-state index is 0.510. The van der Waals surface area contributed by atoms with Crippen molar-refractivity contribution in [3.8, 4) is 5.75 Å². The highest BCUT2D eigenvalue weighted by molar-refractivity contribution is 5.51. The Morgan fingerprint density at radius 2 is 1.90 bits per heavy atom. The predicted octanol–water partition coefficient (Wildman–Crippen LogP) is 3.29. The smallest absolute Gasteiger partial charge is 0.146 e. The van der Waals surface area contributed by atoms with Crippen LogP contribution in [-0.4, -0.2) is 41.0 Å². The van der Waals surface area contributed by atoms with Gasteiger partial charge in [-0.15, -0.1) is 10.2 Å². The molecule has 0 atom stereocenters. The number of aromatic nitrogens is 3. The van der Waals surface area contributed by atoms with Crippen molar-refractivity contribution in [2.24, 2.45) is 0 Å². The number of nitrogens with one attached hydrogen (secondary N) is 1. The number of rotatable bonds is 8. The minimum Gasteiger partial charge on any atom is -0.497 e. The fourth-order valence-corrected chi connectivity index (χ4v) is 3.88. The Morgan fingerprint density at radius 3 is 2.69 bits per heavy atom. The summed E-state index contributed by atoms with van der Waals surface area (Å²) in [7, 11) is 1.72. The lowest BCUT2D eigenvalue weighted by atomic mass is 10.0. The van der Waals surface area contributed by atoms with E-state index in [1.807, 2.05) is 12.4 Å². The van der Waals surface area contributed by atoms with Crippen LogP contribution in [0.2, 0.25) is 0 Å². The van der Waals surface area contributed by atoms with Gasteiger partial charge in [0.2, 0.25) is 0 Å². The maximum absolute atomic E-state index is 5.35. The molecule has 0 bridgehead atoms. The molecule has 29 heavy (non-hydrogen) atoms. The summed E-state index contributed by atoms with van der Waals surface area (Å²) < 4.78 is 7.51. The van der Waals surface area contributed by atoms with Crippen LogP contribution in [0, 0.1) is 0 Å². The van der Waals surface area contributed by atoms with Crippen molar-refractivity contribution in [2.45, 2.75) is 38.4 Å². The Balaban J connectivity index is 1.25. The van der Waals surface area contributed by atoms with Gasteiger partial charge < -0.3 is 19.5 Å². The van der Waals surface area contributed by atoms with Crippen molar-refractivity contribution >= 4 is 5.69 Å².